The van der Waals surface area contributed by atoms with E-state index in [9.17, 15) is 8.42 Å². The molecule has 12 nitrogen and oxygen atoms in total. The number of pyridine rings is 1. The molecule has 4 aromatic heterocycles. The van der Waals surface area contributed by atoms with Gasteiger partial charge in [-0.05, 0) is 44.6 Å². The Bertz CT molecular complexity index is 1610. The van der Waals surface area contributed by atoms with Crippen molar-refractivity contribution < 1.29 is 17.7 Å². The Morgan fingerprint density at radius 2 is 2.10 bits per heavy atom. The lowest BCUT2D eigenvalue weighted by Crippen LogP contribution is -2.43. The van der Waals surface area contributed by atoms with Gasteiger partial charge in [-0.2, -0.15) is 9.61 Å². The molecule has 1 saturated heterocycles. The first kappa shape index (κ1) is 27.6. The van der Waals surface area contributed by atoms with Crippen LogP contribution in [0.15, 0.2) is 43.1 Å². The highest BCUT2D eigenvalue weighted by atomic mass is 32.2. The summed E-state index contributed by atoms with van der Waals surface area (Å²) in [6.45, 7) is 4.16. The monoisotopic (exact) mass is 580 g/mol. The summed E-state index contributed by atoms with van der Waals surface area (Å²) in [5.74, 6) is 2.54. The van der Waals surface area contributed by atoms with Crippen LogP contribution in [0.1, 0.15) is 61.9 Å². The van der Waals surface area contributed by atoms with Gasteiger partial charge in [-0.1, -0.05) is 6.92 Å². The normalized spacial score (nSPS) is 17.8. The maximum Gasteiger partial charge on any atom is 0.257 e. The maximum absolute atomic E-state index is 12.7. The summed E-state index contributed by atoms with van der Waals surface area (Å²) in [5, 5.41) is 12.4. The third kappa shape index (κ3) is 6.20. The maximum atomic E-state index is 12.7. The van der Waals surface area contributed by atoms with Crippen LogP contribution in [0.25, 0.3) is 5.65 Å². The third-order valence-corrected chi connectivity index (χ3v) is 9.25. The number of piperidine rings is 1. The molecular weight excluding hydrogens is 542 g/mol. The van der Waals surface area contributed by atoms with Crippen molar-refractivity contribution in [2.75, 3.05) is 35.7 Å². The number of hydrogen-bond donors (Lipinski definition) is 1. The Morgan fingerprint density at radius 1 is 1.22 bits per heavy atom. The second-order valence-electron chi connectivity index (χ2n) is 11.0. The predicted octanol–water partition coefficient (Wildman–Crippen LogP) is 2.45. The molecule has 1 N–H and O–H groups in total. The summed E-state index contributed by atoms with van der Waals surface area (Å²) in [6.07, 6.45) is 13.3. The summed E-state index contributed by atoms with van der Waals surface area (Å²) >= 11 is 0. The number of fused-ring (bicyclic) bond motifs is 1. The summed E-state index contributed by atoms with van der Waals surface area (Å²) in [6, 6.07) is 6.30. The molecule has 218 valence electrons. The molecule has 0 aromatic carbocycles. The first-order valence-electron chi connectivity index (χ1n) is 14.5. The number of hydrogen-bond acceptors (Lipinski definition) is 9. The fourth-order valence-corrected chi connectivity index (χ4v) is 6.26. The number of anilines is 2. The van der Waals surface area contributed by atoms with E-state index < -0.39 is 10.0 Å². The average molecular weight is 581 g/mol. The van der Waals surface area contributed by atoms with Crippen LogP contribution in [-0.2, 0) is 34.8 Å². The van der Waals surface area contributed by atoms with E-state index in [4.69, 9.17) is 9.72 Å². The number of rotatable bonds is 12. The van der Waals surface area contributed by atoms with Crippen molar-refractivity contribution in [2.24, 2.45) is 7.05 Å². The van der Waals surface area contributed by atoms with E-state index in [1.165, 1.54) is 11.9 Å². The molecule has 1 atom stereocenters. The molecule has 1 aliphatic carbocycles. The zero-order valence-corrected chi connectivity index (χ0v) is 24.5. The third-order valence-electron chi connectivity index (χ3n) is 7.82. The van der Waals surface area contributed by atoms with Crippen molar-refractivity contribution in [2.45, 2.75) is 64.0 Å². The molecule has 1 aliphatic heterocycles. The van der Waals surface area contributed by atoms with Gasteiger partial charge in [0, 0.05) is 42.3 Å². The average Bonchev–Trinajstić information content (AvgIpc) is 3.53. The summed E-state index contributed by atoms with van der Waals surface area (Å²) in [7, 11) is -1.59. The van der Waals surface area contributed by atoms with Gasteiger partial charge < -0.3 is 15.0 Å². The zero-order valence-electron chi connectivity index (χ0n) is 23.7. The van der Waals surface area contributed by atoms with Crippen LogP contribution in [0.5, 0.6) is 0 Å². The Morgan fingerprint density at radius 3 is 2.90 bits per heavy atom. The number of nitrogens with one attached hydrogen (secondary N) is 1. The first-order valence-corrected chi connectivity index (χ1v) is 16.1. The molecule has 6 rings (SSSR count). The topological polar surface area (TPSA) is 123 Å². The van der Waals surface area contributed by atoms with Gasteiger partial charge >= 0.3 is 0 Å². The van der Waals surface area contributed by atoms with Crippen LogP contribution >= 0.6 is 0 Å². The summed E-state index contributed by atoms with van der Waals surface area (Å²) < 4.78 is 36.4. The molecule has 1 unspecified atom stereocenters. The molecule has 13 heteroatoms. The second-order valence-corrected chi connectivity index (χ2v) is 12.9. The van der Waals surface area contributed by atoms with Crippen molar-refractivity contribution in [1.82, 2.24) is 28.8 Å². The first-order chi connectivity index (χ1) is 19.9. The molecule has 0 bridgehead atoms. The molecule has 41 heavy (non-hydrogen) atoms. The van der Waals surface area contributed by atoms with Crippen LogP contribution in [0.2, 0.25) is 0 Å². The number of aryl methyl sites for hydroxylation is 2. The lowest BCUT2D eigenvalue weighted by molar-refractivity contribution is -0.671. The highest BCUT2D eigenvalue weighted by Crippen LogP contribution is 2.37. The lowest BCUT2D eigenvalue weighted by Gasteiger charge is -2.36. The van der Waals surface area contributed by atoms with E-state index in [1.54, 1.807) is 0 Å². The van der Waals surface area contributed by atoms with Gasteiger partial charge in [-0.15, -0.1) is 9.19 Å². The van der Waals surface area contributed by atoms with Crippen molar-refractivity contribution in [3.05, 3.63) is 60.1 Å². The molecule has 2 aliphatic rings. The Labute approximate surface area is 240 Å². The summed E-state index contributed by atoms with van der Waals surface area (Å²) in [5.41, 5.74) is 3.10. The highest BCUT2D eigenvalue weighted by Gasteiger charge is 2.29. The molecule has 0 radical (unpaired) electrons. The second kappa shape index (κ2) is 11.7. The van der Waals surface area contributed by atoms with Gasteiger partial charge in [0.15, 0.2) is 23.9 Å². The zero-order chi connectivity index (χ0) is 28.4. The fourth-order valence-electron chi connectivity index (χ4n) is 5.34. The SMILES string of the molecule is CCc1cnn2c(NCc3ccc[n+](C)c3)cc(N3CCCCC3COCCS(=O)(=O)n3cnc(C4CC4)n3)nc12. The minimum Gasteiger partial charge on any atom is -0.378 e. The molecular formula is C28H38N9O3S+. The van der Waals surface area contributed by atoms with E-state index in [0.29, 0.717) is 24.9 Å². The smallest absolute Gasteiger partial charge is 0.257 e. The Kier molecular flexibility index (Phi) is 7.89. The van der Waals surface area contributed by atoms with Crippen LogP contribution in [0, 0.1) is 0 Å². The minimum atomic E-state index is -3.60. The molecule has 0 spiro atoms. The van der Waals surface area contributed by atoms with E-state index in [2.05, 4.69) is 50.7 Å². The molecule has 0 amide bonds. The van der Waals surface area contributed by atoms with E-state index in [0.717, 1.165) is 72.0 Å². The van der Waals surface area contributed by atoms with E-state index in [-0.39, 0.29) is 18.4 Å². The quantitative estimate of drug-likeness (QED) is 0.199. The predicted molar refractivity (Wildman–Crippen MR) is 154 cm³/mol. The van der Waals surface area contributed by atoms with Gasteiger partial charge in [0.2, 0.25) is 0 Å². The molecule has 1 saturated carbocycles. The van der Waals surface area contributed by atoms with Crippen molar-refractivity contribution >= 4 is 27.3 Å². The highest BCUT2D eigenvalue weighted by molar-refractivity contribution is 7.89. The van der Waals surface area contributed by atoms with E-state index >= 15 is 0 Å². The molecule has 4 aromatic rings. The number of ether oxygens (including phenoxy) is 1. The van der Waals surface area contributed by atoms with Gasteiger partial charge in [-0.25, -0.2) is 23.0 Å². The van der Waals surface area contributed by atoms with Gasteiger partial charge in [0.1, 0.15) is 25.0 Å². The van der Waals surface area contributed by atoms with Crippen LogP contribution in [-0.4, -0.2) is 68.7 Å². The van der Waals surface area contributed by atoms with Crippen molar-refractivity contribution in [1.29, 1.82) is 0 Å². The number of nitrogens with zero attached hydrogens (tertiary/aromatic N) is 8. The van der Waals surface area contributed by atoms with Gasteiger partial charge in [0.05, 0.1) is 31.2 Å². The fraction of sp³-hybridized carbons (Fsp3) is 0.536. The Hall–Kier alpha value is -3.58. The lowest BCUT2D eigenvalue weighted by atomic mass is 10.0. The van der Waals surface area contributed by atoms with Gasteiger partial charge in [0.25, 0.3) is 10.0 Å². The number of aromatic nitrogens is 7. The molecule has 2 fully saturated rings. The van der Waals surface area contributed by atoms with Crippen molar-refractivity contribution in [3.63, 3.8) is 0 Å². The van der Waals surface area contributed by atoms with Crippen LogP contribution in [0.4, 0.5) is 11.6 Å². The van der Waals surface area contributed by atoms with Crippen LogP contribution < -0.4 is 14.8 Å². The standard InChI is InChI=1S/C28H38N9O3S/c1-3-22-17-31-37-25(29-16-21-7-6-11-34(2)18-21)15-26(32-28(22)37)35-12-5-4-8-24(35)19-40-13-14-41(38,39)36-20-30-27(33-36)23-9-10-23/h6-7,11,15,17-18,20,23-24,29H,3-5,8-10,12-14,16,19H2,1-2H3/q+1. The van der Waals surface area contributed by atoms with Crippen LogP contribution in [0.3, 0.4) is 0 Å². The largest absolute Gasteiger partial charge is 0.378 e. The van der Waals surface area contributed by atoms with Gasteiger partial charge in [-0.3, -0.25) is 0 Å². The summed E-state index contributed by atoms with van der Waals surface area (Å²) in [4.78, 5) is 11.5. The minimum absolute atomic E-state index is 0.0989. The van der Waals surface area contributed by atoms with E-state index in [1.807, 2.05) is 34.6 Å². The Balaban J connectivity index is 1.15. The molecule has 5 heterocycles. The van der Waals surface area contributed by atoms with Crippen molar-refractivity contribution in [3.8, 4) is 0 Å².